The molecule has 132 valence electrons. The van der Waals surface area contributed by atoms with Gasteiger partial charge in [0.05, 0.1) is 18.3 Å². The Bertz CT molecular complexity index is 776. The van der Waals surface area contributed by atoms with Gasteiger partial charge in [-0.3, -0.25) is 0 Å². The van der Waals surface area contributed by atoms with E-state index in [-0.39, 0.29) is 12.6 Å². The van der Waals surface area contributed by atoms with Crippen molar-refractivity contribution in [3.63, 3.8) is 0 Å². The zero-order valence-corrected chi connectivity index (χ0v) is 15.1. The van der Waals surface area contributed by atoms with Crippen LogP contribution < -0.4 is 10.2 Å². The average Bonchev–Trinajstić information content (AvgIpc) is 3.21. The number of aliphatic hydroxyl groups is 1. The van der Waals surface area contributed by atoms with E-state index in [1.165, 1.54) is 17.5 Å². The minimum absolute atomic E-state index is 0.0619. The lowest BCUT2D eigenvalue weighted by Gasteiger charge is -2.30. The Morgan fingerprint density at radius 1 is 1.20 bits per heavy atom. The molecule has 0 amide bonds. The third kappa shape index (κ3) is 2.86. The highest BCUT2D eigenvalue weighted by Crippen LogP contribution is 2.51. The molecule has 2 aliphatic rings. The van der Waals surface area contributed by atoms with E-state index in [4.69, 9.17) is 4.98 Å². The second-order valence-corrected chi connectivity index (χ2v) is 7.59. The van der Waals surface area contributed by atoms with Gasteiger partial charge in [0.25, 0.3) is 0 Å². The minimum atomic E-state index is -0.0639. The molecular weight excluding hydrogens is 312 g/mol. The monoisotopic (exact) mass is 338 g/mol. The van der Waals surface area contributed by atoms with Crippen molar-refractivity contribution in [2.75, 3.05) is 23.4 Å². The number of rotatable bonds is 5. The molecule has 2 bridgehead atoms. The maximum Gasteiger partial charge on any atom is 0.225 e. The van der Waals surface area contributed by atoms with Crippen molar-refractivity contribution in [3.05, 3.63) is 47.2 Å². The second-order valence-electron chi connectivity index (χ2n) is 7.59. The molecule has 1 aromatic heterocycles. The second kappa shape index (κ2) is 6.30. The fourth-order valence-electron chi connectivity index (χ4n) is 4.02. The van der Waals surface area contributed by atoms with Crippen molar-refractivity contribution in [3.8, 4) is 0 Å². The highest BCUT2D eigenvalue weighted by molar-refractivity contribution is 5.55. The Labute approximate surface area is 149 Å². The number of nitrogens with one attached hydrogen (secondary N) is 1. The van der Waals surface area contributed by atoms with Gasteiger partial charge in [-0.05, 0) is 30.4 Å². The van der Waals surface area contributed by atoms with Gasteiger partial charge in [-0.25, -0.2) is 4.98 Å². The summed E-state index contributed by atoms with van der Waals surface area (Å²) in [5.74, 6) is 2.54. The van der Waals surface area contributed by atoms with Gasteiger partial charge < -0.3 is 15.3 Å². The fraction of sp³-hybridized carbons (Fsp3) is 0.500. The predicted molar refractivity (Wildman–Crippen MR) is 100 cm³/mol. The van der Waals surface area contributed by atoms with Gasteiger partial charge in [-0.2, -0.15) is 4.98 Å². The number of aliphatic hydroxyl groups excluding tert-OH is 1. The Balaban J connectivity index is 1.69. The Hall–Kier alpha value is -2.14. The molecule has 4 rings (SSSR count). The summed E-state index contributed by atoms with van der Waals surface area (Å²) >= 11 is 0. The summed E-state index contributed by atoms with van der Waals surface area (Å²) in [7, 11) is 0. The van der Waals surface area contributed by atoms with Gasteiger partial charge in [-0.15, -0.1) is 0 Å². The van der Waals surface area contributed by atoms with Crippen LogP contribution in [-0.4, -0.2) is 34.3 Å². The maximum absolute atomic E-state index is 9.32. The normalized spacial score (nSPS) is 22.4. The van der Waals surface area contributed by atoms with E-state index in [0.717, 1.165) is 18.1 Å². The molecule has 0 unspecified atom stereocenters. The molecule has 1 aromatic carbocycles. The summed E-state index contributed by atoms with van der Waals surface area (Å²) in [6, 6.07) is 11.3. The van der Waals surface area contributed by atoms with Crippen molar-refractivity contribution < 1.29 is 5.11 Å². The molecule has 5 heteroatoms. The lowest BCUT2D eigenvalue weighted by atomic mass is 9.99. The summed E-state index contributed by atoms with van der Waals surface area (Å²) in [6.45, 7) is 7.31. The average molecular weight is 338 g/mol. The van der Waals surface area contributed by atoms with Crippen molar-refractivity contribution >= 4 is 11.8 Å². The number of benzene rings is 1. The highest BCUT2D eigenvalue weighted by Gasteiger charge is 2.42. The molecule has 1 aliphatic heterocycles. The highest BCUT2D eigenvalue weighted by atomic mass is 16.3. The molecular formula is C20H26N4O. The molecule has 2 N–H and O–H groups in total. The van der Waals surface area contributed by atoms with Gasteiger partial charge in [-0.1, -0.05) is 38.1 Å². The first-order valence-electron chi connectivity index (χ1n) is 9.18. The fourth-order valence-corrected chi connectivity index (χ4v) is 4.02. The Kier molecular flexibility index (Phi) is 4.12. The summed E-state index contributed by atoms with van der Waals surface area (Å²) in [5.41, 5.74) is 3.99. The Morgan fingerprint density at radius 3 is 2.68 bits per heavy atom. The van der Waals surface area contributed by atoms with Crippen LogP contribution >= 0.6 is 0 Å². The number of aromatic nitrogens is 2. The molecule has 2 heterocycles. The number of hydrogen-bond donors (Lipinski definition) is 2. The molecule has 25 heavy (non-hydrogen) atoms. The Morgan fingerprint density at radius 2 is 1.96 bits per heavy atom. The third-order valence-corrected chi connectivity index (χ3v) is 5.36. The van der Waals surface area contributed by atoms with Gasteiger partial charge >= 0.3 is 0 Å². The summed E-state index contributed by atoms with van der Waals surface area (Å²) < 4.78 is 0. The number of anilines is 2. The van der Waals surface area contributed by atoms with Gasteiger partial charge in [0.1, 0.15) is 5.82 Å². The van der Waals surface area contributed by atoms with Crippen LogP contribution in [0.2, 0.25) is 0 Å². The van der Waals surface area contributed by atoms with E-state index in [0.29, 0.717) is 23.8 Å². The molecule has 3 atom stereocenters. The van der Waals surface area contributed by atoms with Crippen LogP contribution in [0.5, 0.6) is 0 Å². The first kappa shape index (κ1) is 16.3. The zero-order chi connectivity index (χ0) is 17.6. The summed E-state index contributed by atoms with van der Waals surface area (Å²) in [6.07, 6.45) is 1.18. The number of fused-ring (bicyclic) bond motifs is 5. The third-order valence-electron chi connectivity index (χ3n) is 5.36. The standard InChI is InChI=1S/C20H26N4O/c1-12(2)17-9-19(23-20(22-17)21-13(3)11-25)24-10-14-8-18(24)16-7-5-4-6-15(14)16/h4-7,9,12-14,18,25H,8,10-11H2,1-3H3,(H,21,22,23)/t13-,14+,18-/m0/s1. The van der Waals surface area contributed by atoms with Crippen molar-refractivity contribution in [1.82, 2.24) is 9.97 Å². The van der Waals surface area contributed by atoms with E-state index in [1.54, 1.807) is 0 Å². The lowest BCUT2D eigenvalue weighted by Crippen LogP contribution is -2.29. The van der Waals surface area contributed by atoms with Crippen LogP contribution in [0.1, 0.15) is 61.9 Å². The van der Waals surface area contributed by atoms with E-state index >= 15 is 0 Å². The summed E-state index contributed by atoms with van der Waals surface area (Å²) in [4.78, 5) is 11.8. The molecule has 0 radical (unpaired) electrons. The molecule has 1 fully saturated rings. The van der Waals surface area contributed by atoms with Crippen molar-refractivity contribution in [2.24, 2.45) is 0 Å². The quantitative estimate of drug-likeness (QED) is 0.874. The smallest absolute Gasteiger partial charge is 0.225 e. The summed E-state index contributed by atoms with van der Waals surface area (Å²) in [5, 5.41) is 12.5. The number of hydrogen-bond acceptors (Lipinski definition) is 5. The van der Waals surface area contributed by atoms with E-state index < -0.39 is 0 Å². The van der Waals surface area contributed by atoms with Crippen molar-refractivity contribution in [2.45, 2.75) is 51.1 Å². The van der Waals surface area contributed by atoms with Crippen LogP contribution in [-0.2, 0) is 0 Å². The van der Waals surface area contributed by atoms with Crippen LogP contribution in [0.3, 0.4) is 0 Å². The topological polar surface area (TPSA) is 61.3 Å². The van der Waals surface area contributed by atoms with Gasteiger partial charge in [0.2, 0.25) is 5.95 Å². The van der Waals surface area contributed by atoms with Crippen LogP contribution in [0.15, 0.2) is 30.3 Å². The molecule has 0 spiro atoms. The SMILES string of the molecule is CC(C)c1cc(N2C[C@H]3C[C@H]2c2ccccc23)nc(N[C@@H](C)CO)n1. The molecule has 0 saturated carbocycles. The van der Waals surface area contributed by atoms with Gasteiger partial charge in [0, 0.05) is 24.6 Å². The molecule has 2 aromatic rings. The van der Waals surface area contributed by atoms with Crippen LogP contribution in [0, 0.1) is 0 Å². The minimum Gasteiger partial charge on any atom is -0.394 e. The van der Waals surface area contributed by atoms with Crippen LogP contribution in [0.25, 0.3) is 0 Å². The van der Waals surface area contributed by atoms with E-state index in [9.17, 15) is 5.11 Å². The van der Waals surface area contributed by atoms with Gasteiger partial charge in [0.15, 0.2) is 0 Å². The first-order chi connectivity index (χ1) is 12.1. The molecule has 1 saturated heterocycles. The van der Waals surface area contributed by atoms with E-state index in [1.807, 2.05) is 6.92 Å². The number of nitrogens with zero attached hydrogens (tertiary/aromatic N) is 3. The predicted octanol–water partition coefficient (Wildman–Crippen LogP) is 3.44. The van der Waals surface area contributed by atoms with Crippen molar-refractivity contribution in [1.29, 1.82) is 0 Å². The largest absolute Gasteiger partial charge is 0.394 e. The zero-order valence-electron chi connectivity index (χ0n) is 15.1. The lowest BCUT2D eigenvalue weighted by molar-refractivity contribution is 0.281. The van der Waals surface area contributed by atoms with E-state index in [2.05, 4.69) is 59.4 Å². The van der Waals surface area contributed by atoms with Crippen LogP contribution in [0.4, 0.5) is 11.8 Å². The first-order valence-corrected chi connectivity index (χ1v) is 9.18. The molecule has 5 nitrogen and oxygen atoms in total. The molecule has 1 aliphatic carbocycles. The maximum atomic E-state index is 9.32.